The van der Waals surface area contributed by atoms with Crippen LogP contribution in [0, 0.1) is 18.8 Å². The van der Waals surface area contributed by atoms with Crippen LogP contribution in [0.4, 0.5) is 0 Å². The number of aliphatic carboxylic acids is 1. The number of hydrogen-bond acceptors (Lipinski definition) is 4. The third-order valence-corrected chi connectivity index (χ3v) is 5.95. The Morgan fingerprint density at radius 2 is 1.94 bits per heavy atom. The summed E-state index contributed by atoms with van der Waals surface area (Å²) in [4.78, 5) is 30.4. The molecule has 1 heterocycles. The predicted octanol–water partition coefficient (Wildman–Crippen LogP) is 4.23. The van der Waals surface area contributed by atoms with Gasteiger partial charge in [-0.15, -0.1) is 0 Å². The summed E-state index contributed by atoms with van der Waals surface area (Å²) in [6.45, 7) is 5.85. The fourth-order valence-electron chi connectivity index (χ4n) is 3.81. The van der Waals surface area contributed by atoms with Gasteiger partial charge < -0.3 is 14.7 Å². The van der Waals surface area contributed by atoms with Crippen molar-refractivity contribution < 1.29 is 19.4 Å². The molecule has 2 aliphatic carbocycles. The zero-order valence-electron chi connectivity index (χ0n) is 18.3. The van der Waals surface area contributed by atoms with E-state index in [2.05, 4.69) is 11.1 Å². The fourth-order valence-corrected chi connectivity index (χ4v) is 3.81. The van der Waals surface area contributed by atoms with E-state index in [1.807, 2.05) is 36.9 Å². The van der Waals surface area contributed by atoms with E-state index in [-0.39, 0.29) is 18.2 Å². The van der Waals surface area contributed by atoms with Gasteiger partial charge >= 0.3 is 5.97 Å². The van der Waals surface area contributed by atoms with Gasteiger partial charge in [-0.05, 0) is 68.2 Å². The van der Waals surface area contributed by atoms with Crippen LogP contribution in [0.3, 0.4) is 0 Å². The molecule has 0 saturated heterocycles. The zero-order chi connectivity index (χ0) is 22.0. The summed E-state index contributed by atoms with van der Waals surface area (Å²) < 4.78 is 6.05. The Kier molecular flexibility index (Phi) is 6.25. The average molecular weight is 423 g/mol. The Hall–Kier alpha value is -2.89. The number of carboxylic acid groups (broad SMARTS) is 1. The lowest BCUT2D eigenvalue weighted by Gasteiger charge is -2.23. The first-order chi connectivity index (χ1) is 14.9. The Morgan fingerprint density at radius 3 is 2.58 bits per heavy atom. The number of pyridine rings is 1. The van der Waals surface area contributed by atoms with Crippen LogP contribution < -0.4 is 4.74 Å². The van der Waals surface area contributed by atoms with Crippen molar-refractivity contribution in [3.05, 3.63) is 47.2 Å². The first kappa shape index (κ1) is 21.3. The van der Waals surface area contributed by atoms with Crippen molar-refractivity contribution in [1.29, 1.82) is 0 Å². The summed E-state index contributed by atoms with van der Waals surface area (Å²) >= 11 is 0. The van der Waals surface area contributed by atoms with Gasteiger partial charge in [0.2, 0.25) is 11.8 Å². The van der Waals surface area contributed by atoms with Gasteiger partial charge in [-0.2, -0.15) is 0 Å². The van der Waals surface area contributed by atoms with Gasteiger partial charge in [-0.25, -0.2) is 4.98 Å². The third kappa shape index (κ3) is 5.43. The maximum Gasteiger partial charge on any atom is 0.307 e. The van der Waals surface area contributed by atoms with Crippen LogP contribution >= 0.6 is 0 Å². The molecule has 6 heteroatoms. The van der Waals surface area contributed by atoms with E-state index in [0.29, 0.717) is 37.1 Å². The Morgan fingerprint density at radius 1 is 1.16 bits per heavy atom. The Labute approximate surface area is 183 Å². The summed E-state index contributed by atoms with van der Waals surface area (Å²) in [6, 6.07) is 8.04. The van der Waals surface area contributed by atoms with Crippen LogP contribution in [-0.4, -0.2) is 40.0 Å². The summed E-state index contributed by atoms with van der Waals surface area (Å²) in [7, 11) is 0. The van der Waals surface area contributed by atoms with Crippen LogP contribution in [0.1, 0.15) is 49.3 Å². The predicted molar refractivity (Wildman–Crippen MR) is 118 cm³/mol. The second-order valence-corrected chi connectivity index (χ2v) is 8.81. The highest BCUT2D eigenvalue weighted by molar-refractivity contribution is 5.82. The van der Waals surface area contributed by atoms with Gasteiger partial charge in [0, 0.05) is 30.8 Å². The number of ether oxygens (including phenoxy) is 1. The van der Waals surface area contributed by atoms with Gasteiger partial charge in [0.1, 0.15) is 0 Å². The largest absolute Gasteiger partial charge is 0.481 e. The molecule has 2 aliphatic rings. The number of hydrogen-bond donors (Lipinski definition) is 1. The maximum atomic E-state index is 12.7. The number of carboxylic acids is 1. The van der Waals surface area contributed by atoms with Gasteiger partial charge in [-0.3, -0.25) is 9.59 Å². The number of rotatable bonds is 10. The number of carbonyl (C=O) groups is 2. The van der Waals surface area contributed by atoms with Crippen molar-refractivity contribution in [2.45, 2.75) is 52.5 Å². The molecule has 0 atom stereocenters. The smallest absolute Gasteiger partial charge is 0.307 e. The lowest BCUT2D eigenvalue weighted by Crippen LogP contribution is -2.31. The highest BCUT2D eigenvalue weighted by atomic mass is 16.5. The van der Waals surface area contributed by atoms with Crippen LogP contribution in [0.25, 0.3) is 11.1 Å². The molecule has 1 aromatic carbocycles. The molecule has 0 aliphatic heterocycles. The molecule has 164 valence electrons. The summed E-state index contributed by atoms with van der Waals surface area (Å²) in [6.07, 6.45) is 5.81. The third-order valence-electron chi connectivity index (χ3n) is 5.95. The van der Waals surface area contributed by atoms with Crippen LogP contribution in [-0.2, 0) is 22.6 Å². The highest BCUT2D eigenvalue weighted by Gasteiger charge is 2.33. The van der Waals surface area contributed by atoms with Crippen LogP contribution in [0.5, 0.6) is 5.88 Å². The quantitative estimate of drug-likeness (QED) is 0.620. The molecule has 31 heavy (non-hydrogen) atoms. The standard InChI is InChI=1S/C25H30N2O4/c1-3-27(25(30)19-7-8-19)14-20-10-16(2)4-9-21(20)22-11-18(12-23(28)29)13-26-24(22)31-15-17-5-6-17/h4,9-11,13,17,19H,3,5-8,12,14-15H2,1-2H3,(H,28,29). The fraction of sp³-hybridized carbons (Fsp3) is 0.480. The normalized spacial score (nSPS) is 15.5. The minimum atomic E-state index is -0.893. The Bertz CT molecular complexity index is 979. The molecular formula is C25H30N2O4. The lowest BCUT2D eigenvalue weighted by atomic mass is 9.96. The minimum Gasteiger partial charge on any atom is -0.481 e. The number of nitrogens with zero attached hydrogens (tertiary/aromatic N) is 2. The molecule has 6 nitrogen and oxygen atoms in total. The summed E-state index contributed by atoms with van der Waals surface area (Å²) in [5.74, 6) is 0.611. The van der Waals surface area contributed by atoms with Crippen molar-refractivity contribution in [2.24, 2.45) is 11.8 Å². The number of aromatic nitrogens is 1. The first-order valence-electron chi connectivity index (χ1n) is 11.2. The van der Waals surface area contributed by atoms with Crippen molar-refractivity contribution in [3.8, 4) is 17.0 Å². The molecule has 2 aromatic rings. The molecule has 1 N–H and O–H groups in total. The highest BCUT2D eigenvalue weighted by Crippen LogP contribution is 2.36. The van der Waals surface area contributed by atoms with Gasteiger partial charge in [0.15, 0.2) is 0 Å². The van der Waals surface area contributed by atoms with E-state index in [4.69, 9.17) is 4.74 Å². The number of carbonyl (C=O) groups excluding carboxylic acids is 1. The first-order valence-corrected chi connectivity index (χ1v) is 11.2. The van der Waals surface area contributed by atoms with Crippen molar-refractivity contribution >= 4 is 11.9 Å². The van der Waals surface area contributed by atoms with Crippen molar-refractivity contribution in [3.63, 3.8) is 0 Å². The lowest BCUT2D eigenvalue weighted by molar-refractivity contribution is -0.136. The second kappa shape index (κ2) is 9.08. The molecule has 2 saturated carbocycles. The number of amides is 1. The van der Waals surface area contributed by atoms with Crippen LogP contribution in [0.15, 0.2) is 30.5 Å². The SMILES string of the molecule is CCN(Cc1cc(C)ccc1-c1cc(CC(=O)O)cnc1OCC1CC1)C(=O)C1CC1. The van der Waals surface area contributed by atoms with E-state index in [0.717, 1.165) is 35.1 Å². The van der Waals surface area contributed by atoms with E-state index in [9.17, 15) is 14.7 Å². The van der Waals surface area contributed by atoms with Gasteiger partial charge in [-0.1, -0.05) is 23.8 Å². The second-order valence-electron chi connectivity index (χ2n) is 8.81. The summed E-state index contributed by atoms with van der Waals surface area (Å²) in [5.41, 5.74) is 4.52. The van der Waals surface area contributed by atoms with E-state index >= 15 is 0 Å². The molecule has 0 radical (unpaired) electrons. The van der Waals surface area contributed by atoms with E-state index < -0.39 is 5.97 Å². The number of aryl methyl sites for hydroxylation is 1. The molecule has 4 rings (SSSR count). The summed E-state index contributed by atoms with van der Waals surface area (Å²) in [5, 5.41) is 9.24. The molecular weight excluding hydrogens is 392 g/mol. The average Bonchev–Trinajstić information content (AvgIpc) is 3.63. The topological polar surface area (TPSA) is 79.7 Å². The van der Waals surface area contributed by atoms with Crippen LogP contribution in [0.2, 0.25) is 0 Å². The van der Waals surface area contributed by atoms with E-state index in [1.54, 1.807) is 6.20 Å². The Balaban J connectivity index is 1.70. The zero-order valence-corrected chi connectivity index (χ0v) is 18.3. The molecule has 0 bridgehead atoms. The van der Waals surface area contributed by atoms with Gasteiger partial charge in [0.05, 0.1) is 13.0 Å². The molecule has 2 fully saturated rings. The molecule has 1 amide bonds. The maximum absolute atomic E-state index is 12.7. The van der Waals surface area contributed by atoms with Gasteiger partial charge in [0.25, 0.3) is 0 Å². The molecule has 0 spiro atoms. The minimum absolute atomic E-state index is 0.0919. The molecule has 0 unspecified atom stereocenters. The number of benzene rings is 1. The van der Waals surface area contributed by atoms with Crippen molar-refractivity contribution in [2.75, 3.05) is 13.2 Å². The van der Waals surface area contributed by atoms with E-state index in [1.165, 1.54) is 12.8 Å². The van der Waals surface area contributed by atoms with Crippen molar-refractivity contribution in [1.82, 2.24) is 9.88 Å². The molecule has 1 aromatic heterocycles. The monoisotopic (exact) mass is 422 g/mol.